The van der Waals surface area contributed by atoms with Gasteiger partial charge < -0.3 is 14.2 Å². The Morgan fingerprint density at radius 1 is 1.22 bits per heavy atom. The van der Waals surface area contributed by atoms with Gasteiger partial charge in [0.1, 0.15) is 31.1 Å². The molecule has 8 nitrogen and oxygen atoms in total. The fourth-order valence-corrected chi connectivity index (χ4v) is 4.70. The molecule has 2 unspecified atom stereocenters. The summed E-state index contributed by atoms with van der Waals surface area (Å²) in [6.45, 7) is 2.11. The maximum atomic E-state index is 13.2. The third-order valence-corrected chi connectivity index (χ3v) is 6.95. The van der Waals surface area contributed by atoms with Crippen LogP contribution in [0, 0.1) is 12.7 Å². The predicted molar refractivity (Wildman–Crippen MR) is 110 cm³/mol. The Morgan fingerprint density at radius 3 is 2.66 bits per heavy atom. The molecule has 1 aliphatic carbocycles. The van der Waals surface area contributed by atoms with E-state index in [9.17, 15) is 22.8 Å². The number of rotatable bonds is 7. The van der Waals surface area contributed by atoms with Crippen LogP contribution in [-0.4, -0.2) is 49.5 Å². The average Bonchev–Trinajstić information content (AvgIpc) is 3.35. The first-order valence-electron chi connectivity index (χ1n) is 9.88. The lowest BCUT2D eigenvalue weighted by molar-refractivity contribution is -0.156. The number of amides is 1. The fourth-order valence-electron chi connectivity index (χ4n) is 3.57. The van der Waals surface area contributed by atoms with E-state index >= 15 is 0 Å². The summed E-state index contributed by atoms with van der Waals surface area (Å²) in [5, 5.41) is 10.3. The van der Waals surface area contributed by atoms with Crippen LogP contribution in [0.2, 0.25) is 0 Å². The molecule has 2 aliphatic rings. The lowest BCUT2D eigenvalue weighted by Crippen LogP contribution is -2.33. The number of carbonyl (C=O) groups is 1. The minimum Gasteiger partial charge on any atom is -0.489 e. The third kappa shape index (κ3) is 4.83. The molecule has 32 heavy (non-hydrogen) atoms. The van der Waals surface area contributed by atoms with Crippen molar-refractivity contribution >= 4 is 15.7 Å². The third-order valence-electron chi connectivity index (χ3n) is 5.38. The molecule has 1 fully saturated rings. The molecule has 0 aromatic heterocycles. The summed E-state index contributed by atoms with van der Waals surface area (Å²) in [6.07, 6.45) is 1.15. The lowest BCUT2D eigenvalue weighted by Gasteiger charge is -2.16. The summed E-state index contributed by atoms with van der Waals surface area (Å²) in [4.78, 5) is 12.3. The van der Waals surface area contributed by atoms with Gasteiger partial charge in [-0.05, 0) is 60.5 Å². The zero-order chi connectivity index (χ0) is 22.9. The Hall–Kier alpha value is -2.79. The zero-order valence-corrected chi connectivity index (χ0v) is 18.0. The Balaban J connectivity index is 1.36. The van der Waals surface area contributed by atoms with E-state index in [1.54, 1.807) is 19.1 Å². The molecule has 2 atom stereocenters. The molecule has 1 N–H and O–H groups in total. The highest BCUT2D eigenvalue weighted by Crippen LogP contribution is 2.30. The van der Waals surface area contributed by atoms with E-state index in [0.717, 1.165) is 11.1 Å². The number of sulfone groups is 1. The zero-order valence-electron chi connectivity index (χ0n) is 17.2. The second kappa shape index (κ2) is 8.99. The monoisotopic (exact) mass is 463 g/mol. The molecule has 0 radical (unpaired) electrons. The lowest BCUT2D eigenvalue weighted by atomic mass is 10.1. The Labute approximate surface area is 184 Å². The van der Waals surface area contributed by atoms with E-state index in [1.807, 2.05) is 0 Å². The maximum absolute atomic E-state index is 13.2. The van der Waals surface area contributed by atoms with Crippen LogP contribution in [0.5, 0.6) is 5.75 Å². The van der Waals surface area contributed by atoms with E-state index in [2.05, 4.69) is 0 Å². The minimum absolute atomic E-state index is 0.0707. The molecule has 1 aliphatic heterocycles. The summed E-state index contributed by atoms with van der Waals surface area (Å²) in [5.41, 5.74) is 1.80. The van der Waals surface area contributed by atoms with Gasteiger partial charge in [-0.15, -0.1) is 0 Å². The molecule has 0 bridgehead atoms. The van der Waals surface area contributed by atoms with E-state index < -0.39 is 21.6 Å². The van der Waals surface area contributed by atoms with Crippen LogP contribution >= 0.6 is 0 Å². The van der Waals surface area contributed by atoms with Crippen LogP contribution in [0.15, 0.2) is 59.0 Å². The first kappa shape index (κ1) is 22.4. The van der Waals surface area contributed by atoms with Gasteiger partial charge in [0.2, 0.25) is 0 Å². The summed E-state index contributed by atoms with van der Waals surface area (Å²) in [5.74, 6) is -1.60. The number of hydroxylamine groups is 2. The SMILES string of the molecule is Cc1cc(F)ccc1COc1ccc(S(=O)(=O)CN(O)C(=O)C2=CC3OCOC3C2)cc1. The molecule has 10 heteroatoms. The summed E-state index contributed by atoms with van der Waals surface area (Å²) in [7, 11) is -3.98. The van der Waals surface area contributed by atoms with Crippen LogP contribution in [0.3, 0.4) is 0 Å². The van der Waals surface area contributed by atoms with Crippen molar-refractivity contribution < 1.29 is 37.0 Å². The number of fused-ring (bicyclic) bond motifs is 1. The van der Waals surface area contributed by atoms with E-state index in [0.29, 0.717) is 5.75 Å². The van der Waals surface area contributed by atoms with Gasteiger partial charge in [0.25, 0.3) is 5.91 Å². The predicted octanol–water partition coefficient (Wildman–Crippen LogP) is 2.73. The van der Waals surface area contributed by atoms with Crippen molar-refractivity contribution in [1.29, 1.82) is 0 Å². The summed E-state index contributed by atoms with van der Waals surface area (Å²) >= 11 is 0. The highest BCUT2D eigenvalue weighted by atomic mass is 32.2. The molecule has 1 amide bonds. The van der Waals surface area contributed by atoms with Crippen molar-refractivity contribution in [3.63, 3.8) is 0 Å². The summed E-state index contributed by atoms with van der Waals surface area (Å²) in [6, 6.07) is 10.0. The highest BCUT2D eigenvalue weighted by Gasteiger charge is 2.37. The van der Waals surface area contributed by atoms with Crippen LogP contribution in [-0.2, 0) is 30.7 Å². The normalized spacial score (nSPS) is 20.0. The van der Waals surface area contributed by atoms with Crippen molar-refractivity contribution in [2.24, 2.45) is 0 Å². The molecule has 1 heterocycles. The van der Waals surface area contributed by atoms with E-state index in [1.165, 1.54) is 36.4 Å². The molecule has 1 saturated heterocycles. The molecule has 0 spiro atoms. The molecule has 2 aromatic carbocycles. The number of hydrogen-bond acceptors (Lipinski definition) is 7. The molecule has 0 saturated carbocycles. The molecule has 170 valence electrons. The number of aryl methyl sites for hydroxylation is 1. The van der Waals surface area contributed by atoms with Crippen molar-refractivity contribution in [2.75, 3.05) is 12.7 Å². The highest BCUT2D eigenvalue weighted by molar-refractivity contribution is 7.91. The molecule has 2 aromatic rings. The van der Waals surface area contributed by atoms with Crippen molar-refractivity contribution in [1.82, 2.24) is 5.06 Å². The van der Waals surface area contributed by atoms with Crippen molar-refractivity contribution in [3.05, 3.63) is 71.1 Å². The minimum atomic E-state index is -3.98. The number of hydrogen-bond donors (Lipinski definition) is 1. The van der Waals surface area contributed by atoms with Gasteiger partial charge in [0.15, 0.2) is 15.7 Å². The smallest absolute Gasteiger partial charge is 0.274 e. The number of halogens is 1. The summed E-state index contributed by atoms with van der Waals surface area (Å²) < 4.78 is 54.7. The standard InChI is InChI=1S/C22H22FNO7S/c1-14-8-17(23)3-2-15(14)11-29-18-4-6-19(7-5-18)32(27,28)12-24(26)22(25)16-9-20-21(10-16)31-13-30-20/h2-9,20-21,26H,10-13H2,1H3. The van der Waals surface area contributed by atoms with Gasteiger partial charge in [0.05, 0.1) is 11.0 Å². The van der Waals surface area contributed by atoms with Crippen molar-refractivity contribution in [3.8, 4) is 5.75 Å². The number of benzene rings is 2. The molecule has 4 rings (SSSR count). The van der Waals surface area contributed by atoms with Crippen LogP contribution in [0.1, 0.15) is 17.5 Å². The van der Waals surface area contributed by atoms with E-state index in [4.69, 9.17) is 14.2 Å². The van der Waals surface area contributed by atoms with Gasteiger partial charge >= 0.3 is 0 Å². The van der Waals surface area contributed by atoms with Gasteiger partial charge in [-0.1, -0.05) is 6.07 Å². The van der Waals surface area contributed by atoms with Gasteiger partial charge in [-0.2, -0.15) is 0 Å². The first-order valence-corrected chi connectivity index (χ1v) is 11.5. The van der Waals surface area contributed by atoms with Gasteiger partial charge in [-0.3, -0.25) is 10.0 Å². The molecular weight excluding hydrogens is 441 g/mol. The Morgan fingerprint density at radius 2 is 1.97 bits per heavy atom. The van der Waals surface area contributed by atoms with Crippen LogP contribution in [0.4, 0.5) is 4.39 Å². The van der Waals surface area contributed by atoms with Crippen LogP contribution < -0.4 is 4.74 Å². The second-order valence-electron chi connectivity index (χ2n) is 7.63. The Bertz CT molecular complexity index is 1150. The second-order valence-corrected chi connectivity index (χ2v) is 9.59. The van der Waals surface area contributed by atoms with Gasteiger partial charge in [-0.25, -0.2) is 17.9 Å². The Kier molecular flexibility index (Phi) is 6.29. The largest absolute Gasteiger partial charge is 0.489 e. The number of carbonyl (C=O) groups excluding carboxylic acids is 1. The van der Waals surface area contributed by atoms with Gasteiger partial charge in [0, 0.05) is 12.0 Å². The quantitative estimate of drug-likeness (QED) is 0.498. The number of ether oxygens (including phenoxy) is 3. The molecular formula is C22H22FNO7S. The van der Waals surface area contributed by atoms with Crippen molar-refractivity contribution in [2.45, 2.75) is 37.1 Å². The van der Waals surface area contributed by atoms with E-state index in [-0.39, 0.29) is 53.4 Å². The number of nitrogens with zero attached hydrogens (tertiary/aromatic N) is 1. The average molecular weight is 463 g/mol. The fraction of sp³-hybridized carbons (Fsp3) is 0.318. The topological polar surface area (TPSA) is 102 Å². The van der Waals surface area contributed by atoms with Crippen LogP contribution in [0.25, 0.3) is 0 Å². The first-order chi connectivity index (χ1) is 15.2. The maximum Gasteiger partial charge on any atom is 0.274 e.